The molecule has 2 aromatic rings. The van der Waals surface area contributed by atoms with Gasteiger partial charge >= 0.3 is 0 Å². The third kappa shape index (κ3) is 2.14. The number of rotatable bonds is 4. The molecule has 1 aromatic carbocycles. The number of anilines is 2. The Morgan fingerprint density at radius 2 is 2.21 bits per heavy atom. The van der Waals surface area contributed by atoms with Gasteiger partial charge in [-0.25, -0.2) is 4.98 Å². The van der Waals surface area contributed by atoms with E-state index in [1.807, 2.05) is 18.2 Å². The number of imidazole rings is 1. The first-order chi connectivity index (χ1) is 9.09. The molecule has 0 unspecified atom stereocenters. The van der Waals surface area contributed by atoms with Gasteiger partial charge in [0.2, 0.25) is 5.95 Å². The van der Waals surface area contributed by atoms with E-state index in [0.29, 0.717) is 0 Å². The summed E-state index contributed by atoms with van der Waals surface area (Å²) in [6.07, 6.45) is 3.82. The van der Waals surface area contributed by atoms with Crippen LogP contribution in [0.5, 0.6) is 0 Å². The maximum absolute atomic E-state index is 5.77. The van der Waals surface area contributed by atoms with Crippen LogP contribution in [0.15, 0.2) is 18.2 Å². The van der Waals surface area contributed by atoms with Gasteiger partial charge in [-0.05, 0) is 51.6 Å². The number of likely N-dealkylation sites (N-methyl/N-ethyl adjacent to an activating group) is 1. The number of nitrogen functional groups attached to an aromatic ring is 1. The number of aromatic nitrogens is 2. The number of aromatic amines is 1. The lowest BCUT2D eigenvalue weighted by Gasteiger charge is -2.47. The van der Waals surface area contributed by atoms with Gasteiger partial charge in [-0.3, -0.25) is 0 Å². The van der Waals surface area contributed by atoms with Gasteiger partial charge < -0.3 is 20.9 Å². The largest absolute Gasteiger partial charge is 0.399 e. The molecule has 0 saturated heterocycles. The quantitative estimate of drug-likeness (QED) is 0.735. The fourth-order valence-electron chi connectivity index (χ4n) is 2.73. The molecule has 0 atom stereocenters. The maximum Gasteiger partial charge on any atom is 0.201 e. The summed E-state index contributed by atoms with van der Waals surface area (Å²) in [6, 6.07) is 5.73. The van der Waals surface area contributed by atoms with Gasteiger partial charge in [-0.15, -0.1) is 0 Å². The molecule has 3 rings (SSSR count). The van der Waals surface area contributed by atoms with Crippen LogP contribution in [0, 0.1) is 0 Å². The number of nitrogens with two attached hydrogens (primary N) is 1. The molecule has 1 aliphatic rings. The summed E-state index contributed by atoms with van der Waals surface area (Å²) < 4.78 is 0. The summed E-state index contributed by atoms with van der Waals surface area (Å²) in [5.41, 5.74) is 8.75. The zero-order valence-corrected chi connectivity index (χ0v) is 11.5. The van der Waals surface area contributed by atoms with Crippen molar-refractivity contribution in [2.45, 2.75) is 24.8 Å². The molecule has 1 heterocycles. The molecule has 1 fully saturated rings. The molecule has 0 spiro atoms. The molecule has 1 aliphatic carbocycles. The molecule has 0 amide bonds. The Labute approximate surface area is 113 Å². The van der Waals surface area contributed by atoms with E-state index in [0.717, 1.165) is 29.2 Å². The van der Waals surface area contributed by atoms with Crippen LogP contribution in [0.3, 0.4) is 0 Å². The lowest BCUT2D eigenvalue weighted by molar-refractivity contribution is 0.0737. The van der Waals surface area contributed by atoms with Crippen molar-refractivity contribution in [1.29, 1.82) is 0 Å². The second-order valence-electron chi connectivity index (χ2n) is 5.69. The van der Waals surface area contributed by atoms with Crippen molar-refractivity contribution >= 4 is 22.7 Å². The Hall–Kier alpha value is -1.75. The van der Waals surface area contributed by atoms with Crippen LogP contribution in [0.25, 0.3) is 11.0 Å². The SMILES string of the molecule is CN(C)C1(CNc2nc3ccc(N)cc3[nH]2)CCC1. The van der Waals surface area contributed by atoms with Gasteiger partial charge in [0.05, 0.1) is 11.0 Å². The second-order valence-corrected chi connectivity index (χ2v) is 5.69. The van der Waals surface area contributed by atoms with Gasteiger partial charge in [0.1, 0.15) is 0 Å². The molecule has 4 N–H and O–H groups in total. The molecule has 1 saturated carbocycles. The van der Waals surface area contributed by atoms with Crippen molar-refractivity contribution in [3.05, 3.63) is 18.2 Å². The zero-order chi connectivity index (χ0) is 13.5. The van der Waals surface area contributed by atoms with Crippen LogP contribution in [0.4, 0.5) is 11.6 Å². The van der Waals surface area contributed by atoms with Crippen molar-refractivity contribution in [2.75, 3.05) is 31.7 Å². The summed E-state index contributed by atoms with van der Waals surface area (Å²) in [7, 11) is 4.31. The normalized spacial score (nSPS) is 17.6. The predicted octanol–water partition coefficient (Wildman–Crippen LogP) is 2.04. The molecular weight excluding hydrogens is 238 g/mol. The highest BCUT2D eigenvalue weighted by atomic mass is 15.2. The number of nitrogens with zero attached hydrogens (tertiary/aromatic N) is 2. The molecule has 102 valence electrons. The minimum atomic E-state index is 0.290. The molecule has 19 heavy (non-hydrogen) atoms. The summed E-state index contributed by atoms with van der Waals surface area (Å²) in [6.45, 7) is 0.926. The van der Waals surface area contributed by atoms with E-state index in [4.69, 9.17) is 5.73 Å². The lowest BCUT2D eigenvalue weighted by Crippen LogP contribution is -2.54. The highest BCUT2D eigenvalue weighted by Gasteiger charge is 2.38. The van der Waals surface area contributed by atoms with E-state index < -0.39 is 0 Å². The van der Waals surface area contributed by atoms with Crippen molar-refractivity contribution in [2.24, 2.45) is 0 Å². The number of benzene rings is 1. The van der Waals surface area contributed by atoms with Crippen molar-refractivity contribution < 1.29 is 0 Å². The Balaban J connectivity index is 1.75. The molecular formula is C14H21N5. The molecule has 0 aliphatic heterocycles. The van der Waals surface area contributed by atoms with Gasteiger partial charge in [0, 0.05) is 17.8 Å². The predicted molar refractivity (Wildman–Crippen MR) is 79.3 cm³/mol. The average Bonchev–Trinajstić information content (AvgIpc) is 2.68. The molecule has 1 aromatic heterocycles. The topological polar surface area (TPSA) is 70.0 Å². The smallest absolute Gasteiger partial charge is 0.201 e. The van der Waals surface area contributed by atoms with E-state index in [1.54, 1.807) is 0 Å². The van der Waals surface area contributed by atoms with E-state index in [-0.39, 0.29) is 5.54 Å². The minimum absolute atomic E-state index is 0.290. The number of hydrogen-bond donors (Lipinski definition) is 3. The molecule has 5 nitrogen and oxygen atoms in total. The Morgan fingerprint density at radius 1 is 1.42 bits per heavy atom. The standard InChI is InChI=1S/C14H21N5/c1-19(2)14(6-3-7-14)9-16-13-17-11-5-4-10(15)8-12(11)18-13/h4-5,8H,3,6-7,9,15H2,1-2H3,(H2,16,17,18). The summed E-state index contributed by atoms with van der Waals surface area (Å²) in [4.78, 5) is 10.1. The van der Waals surface area contributed by atoms with Crippen molar-refractivity contribution in [3.63, 3.8) is 0 Å². The van der Waals surface area contributed by atoms with Gasteiger partial charge in [-0.1, -0.05) is 0 Å². The highest BCUT2D eigenvalue weighted by molar-refractivity contribution is 5.80. The first-order valence-corrected chi connectivity index (χ1v) is 6.76. The first-order valence-electron chi connectivity index (χ1n) is 6.76. The van der Waals surface area contributed by atoms with E-state index in [1.165, 1.54) is 19.3 Å². The summed E-state index contributed by atoms with van der Waals surface area (Å²) in [5, 5.41) is 3.43. The monoisotopic (exact) mass is 259 g/mol. The molecule has 5 heteroatoms. The number of nitrogens with one attached hydrogen (secondary N) is 2. The molecule has 0 bridgehead atoms. The second kappa shape index (κ2) is 4.42. The van der Waals surface area contributed by atoms with Gasteiger partial charge in [-0.2, -0.15) is 0 Å². The average molecular weight is 259 g/mol. The first kappa shape index (κ1) is 12.3. The van der Waals surface area contributed by atoms with Gasteiger partial charge in [0.25, 0.3) is 0 Å². The summed E-state index contributed by atoms with van der Waals surface area (Å²) in [5.74, 6) is 0.828. The fourth-order valence-corrected chi connectivity index (χ4v) is 2.73. The molecule has 0 radical (unpaired) electrons. The van der Waals surface area contributed by atoms with Crippen LogP contribution < -0.4 is 11.1 Å². The maximum atomic E-state index is 5.77. The Kier molecular flexibility index (Phi) is 2.86. The van der Waals surface area contributed by atoms with E-state index in [2.05, 4.69) is 34.3 Å². The number of hydrogen-bond acceptors (Lipinski definition) is 4. The zero-order valence-electron chi connectivity index (χ0n) is 11.5. The fraction of sp³-hybridized carbons (Fsp3) is 0.500. The number of fused-ring (bicyclic) bond motifs is 1. The van der Waals surface area contributed by atoms with Crippen molar-refractivity contribution in [1.82, 2.24) is 14.9 Å². The van der Waals surface area contributed by atoms with Gasteiger partial charge in [0.15, 0.2) is 0 Å². The Morgan fingerprint density at radius 3 is 2.84 bits per heavy atom. The van der Waals surface area contributed by atoms with Crippen LogP contribution in [-0.2, 0) is 0 Å². The third-order valence-corrected chi connectivity index (χ3v) is 4.32. The highest BCUT2D eigenvalue weighted by Crippen LogP contribution is 2.36. The number of H-pyrrole nitrogens is 1. The Bertz CT molecular complexity index is 583. The third-order valence-electron chi connectivity index (χ3n) is 4.32. The van der Waals surface area contributed by atoms with E-state index >= 15 is 0 Å². The van der Waals surface area contributed by atoms with Crippen LogP contribution in [-0.4, -0.2) is 41.0 Å². The lowest BCUT2D eigenvalue weighted by atomic mass is 9.75. The van der Waals surface area contributed by atoms with E-state index in [9.17, 15) is 0 Å². The summed E-state index contributed by atoms with van der Waals surface area (Å²) >= 11 is 0. The minimum Gasteiger partial charge on any atom is -0.399 e. The van der Waals surface area contributed by atoms with Crippen LogP contribution in [0.2, 0.25) is 0 Å². The van der Waals surface area contributed by atoms with Crippen LogP contribution in [0.1, 0.15) is 19.3 Å². The van der Waals surface area contributed by atoms with Crippen LogP contribution >= 0.6 is 0 Å². The van der Waals surface area contributed by atoms with Crippen molar-refractivity contribution in [3.8, 4) is 0 Å².